The SMILES string of the molecule is CCCCC[C@@H](C)NC(=O)CSc1nnc(-c2ccccc2)c2ccccc12. The maximum atomic E-state index is 12.3. The topological polar surface area (TPSA) is 54.9 Å². The van der Waals surface area contributed by atoms with E-state index < -0.39 is 0 Å². The second-order valence-electron chi connectivity index (χ2n) is 7.02. The molecule has 0 radical (unpaired) electrons. The lowest BCUT2D eigenvalue weighted by atomic mass is 10.1. The van der Waals surface area contributed by atoms with Gasteiger partial charge in [0.15, 0.2) is 0 Å². The Balaban J connectivity index is 1.70. The van der Waals surface area contributed by atoms with Crippen LogP contribution in [0.5, 0.6) is 0 Å². The van der Waals surface area contributed by atoms with Crippen LogP contribution in [0.25, 0.3) is 22.0 Å². The Morgan fingerprint density at radius 1 is 1.00 bits per heavy atom. The van der Waals surface area contributed by atoms with Crippen molar-refractivity contribution in [2.24, 2.45) is 0 Å². The first-order chi connectivity index (χ1) is 13.7. The Kier molecular flexibility index (Phi) is 7.43. The summed E-state index contributed by atoms with van der Waals surface area (Å²) in [5.41, 5.74) is 1.91. The number of benzene rings is 2. The first kappa shape index (κ1) is 20.3. The highest BCUT2D eigenvalue weighted by Crippen LogP contribution is 2.31. The van der Waals surface area contributed by atoms with Crippen molar-refractivity contribution in [1.29, 1.82) is 0 Å². The number of hydrogen-bond acceptors (Lipinski definition) is 4. The molecule has 3 rings (SSSR count). The summed E-state index contributed by atoms with van der Waals surface area (Å²) >= 11 is 1.45. The number of thioether (sulfide) groups is 1. The van der Waals surface area contributed by atoms with Gasteiger partial charge in [-0.1, -0.05) is 92.5 Å². The molecule has 2 aromatic carbocycles. The Morgan fingerprint density at radius 3 is 2.46 bits per heavy atom. The van der Waals surface area contributed by atoms with Crippen LogP contribution in [-0.2, 0) is 4.79 Å². The van der Waals surface area contributed by atoms with Crippen LogP contribution in [0.2, 0.25) is 0 Å². The predicted octanol–water partition coefficient (Wildman–Crippen LogP) is 5.47. The maximum Gasteiger partial charge on any atom is 0.230 e. The molecule has 0 fully saturated rings. The van der Waals surface area contributed by atoms with E-state index in [9.17, 15) is 4.79 Å². The van der Waals surface area contributed by atoms with Crippen LogP contribution in [-0.4, -0.2) is 27.9 Å². The summed E-state index contributed by atoms with van der Waals surface area (Å²) in [5.74, 6) is 0.397. The van der Waals surface area contributed by atoms with Crippen LogP contribution < -0.4 is 5.32 Å². The molecule has 0 spiro atoms. The summed E-state index contributed by atoms with van der Waals surface area (Å²) in [5, 5.41) is 14.9. The molecule has 1 atom stereocenters. The van der Waals surface area contributed by atoms with Crippen molar-refractivity contribution in [1.82, 2.24) is 15.5 Å². The van der Waals surface area contributed by atoms with Crippen LogP contribution in [0.4, 0.5) is 0 Å². The number of unbranched alkanes of at least 4 members (excludes halogenated alkanes) is 2. The van der Waals surface area contributed by atoms with Gasteiger partial charge >= 0.3 is 0 Å². The molecule has 28 heavy (non-hydrogen) atoms. The molecule has 4 nitrogen and oxygen atoms in total. The van der Waals surface area contributed by atoms with Gasteiger partial charge < -0.3 is 5.32 Å². The van der Waals surface area contributed by atoms with E-state index in [1.54, 1.807) is 0 Å². The largest absolute Gasteiger partial charge is 0.353 e. The van der Waals surface area contributed by atoms with Gasteiger partial charge in [-0.25, -0.2) is 0 Å². The fraction of sp³-hybridized carbons (Fsp3) is 0.348. The number of nitrogens with one attached hydrogen (secondary N) is 1. The van der Waals surface area contributed by atoms with E-state index in [-0.39, 0.29) is 11.9 Å². The second kappa shape index (κ2) is 10.2. The third kappa shape index (κ3) is 5.32. The van der Waals surface area contributed by atoms with Crippen molar-refractivity contribution in [3.8, 4) is 11.3 Å². The Bertz CT molecular complexity index is 914. The molecule has 3 aromatic rings. The molecule has 0 unspecified atom stereocenters. The number of carbonyl (C=O) groups excluding carboxylic acids is 1. The average molecular weight is 394 g/mol. The van der Waals surface area contributed by atoms with Gasteiger partial charge in [0, 0.05) is 22.4 Å². The molecule has 0 aliphatic rings. The summed E-state index contributed by atoms with van der Waals surface area (Å²) in [7, 11) is 0. The third-order valence-corrected chi connectivity index (χ3v) is 5.67. The minimum Gasteiger partial charge on any atom is -0.353 e. The van der Waals surface area contributed by atoms with Gasteiger partial charge in [-0.2, -0.15) is 0 Å². The van der Waals surface area contributed by atoms with Crippen LogP contribution in [0, 0.1) is 0 Å². The highest BCUT2D eigenvalue weighted by Gasteiger charge is 2.13. The van der Waals surface area contributed by atoms with Gasteiger partial charge in [0.1, 0.15) is 10.7 Å². The highest BCUT2D eigenvalue weighted by molar-refractivity contribution is 8.00. The zero-order valence-corrected chi connectivity index (χ0v) is 17.3. The smallest absolute Gasteiger partial charge is 0.230 e. The Labute approximate surface area is 171 Å². The summed E-state index contributed by atoms with van der Waals surface area (Å²) < 4.78 is 0. The van der Waals surface area contributed by atoms with E-state index in [4.69, 9.17) is 0 Å². The van der Waals surface area contributed by atoms with Crippen LogP contribution >= 0.6 is 11.8 Å². The van der Waals surface area contributed by atoms with E-state index in [0.717, 1.165) is 39.9 Å². The van der Waals surface area contributed by atoms with Crippen LogP contribution in [0.3, 0.4) is 0 Å². The van der Waals surface area contributed by atoms with E-state index in [0.29, 0.717) is 5.75 Å². The number of nitrogens with zero attached hydrogens (tertiary/aromatic N) is 2. The predicted molar refractivity (Wildman–Crippen MR) is 117 cm³/mol. The molecule has 1 N–H and O–H groups in total. The fourth-order valence-corrected chi connectivity index (χ4v) is 4.00. The molecule has 0 saturated carbocycles. The standard InChI is InChI=1S/C23H27N3OS/c1-3-4-6-11-17(2)24-21(27)16-28-23-20-15-10-9-14-19(20)22(25-26-23)18-12-7-5-8-13-18/h5,7-10,12-15,17H,3-4,6,11,16H2,1-2H3,(H,24,27)/t17-/m1/s1. The molecule has 1 amide bonds. The van der Waals surface area contributed by atoms with Gasteiger partial charge in [-0.15, -0.1) is 10.2 Å². The molecule has 0 saturated heterocycles. The van der Waals surface area contributed by atoms with Crippen LogP contribution in [0.1, 0.15) is 39.5 Å². The molecule has 1 aromatic heterocycles. The normalized spacial score (nSPS) is 12.1. The first-order valence-corrected chi connectivity index (χ1v) is 10.9. The van der Waals surface area contributed by atoms with E-state index in [2.05, 4.69) is 35.4 Å². The Hall–Kier alpha value is -2.40. The minimum atomic E-state index is 0.0482. The first-order valence-electron chi connectivity index (χ1n) is 9.92. The van der Waals surface area contributed by atoms with Crippen molar-refractivity contribution in [2.45, 2.75) is 50.6 Å². The Morgan fingerprint density at radius 2 is 1.71 bits per heavy atom. The summed E-state index contributed by atoms with van der Waals surface area (Å²) in [6.07, 6.45) is 4.59. The summed E-state index contributed by atoms with van der Waals surface area (Å²) in [4.78, 5) is 12.3. The van der Waals surface area contributed by atoms with Crippen LogP contribution in [0.15, 0.2) is 59.6 Å². The van der Waals surface area contributed by atoms with Crippen molar-refractivity contribution in [2.75, 3.05) is 5.75 Å². The van der Waals surface area contributed by atoms with Gasteiger partial charge in [-0.05, 0) is 13.3 Å². The number of carbonyl (C=O) groups is 1. The fourth-order valence-electron chi connectivity index (χ4n) is 3.22. The average Bonchev–Trinajstić information content (AvgIpc) is 2.72. The quantitative estimate of drug-likeness (QED) is 0.387. The number of amides is 1. The lowest BCUT2D eigenvalue weighted by Crippen LogP contribution is -2.33. The van der Waals surface area contributed by atoms with E-state index in [1.807, 2.05) is 48.5 Å². The zero-order chi connectivity index (χ0) is 19.8. The maximum absolute atomic E-state index is 12.3. The number of aromatic nitrogens is 2. The summed E-state index contributed by atoms with van der Waals surface area (Å²) in [6.45, 7) is 4.26. The molecule has 0 aliphatic carbocycles. The number of fused-ring (bicyclic) bond motifs is 1. The zero-order valence-electron chi connectivity index (χ0n) is 16.5. The molecule has 5 heteroatoms. The lowest BCUT2D eigenvalue weighted by molar-refractivity contribution is -0.119. The van der Waals surface area contributed by atoms with Crippen molar-refractivity contribution in [3.05, 3.63) is 54.6 Å². The highest BCUT2D eigenvalue weighted by atomic mass is 32.2. The lowest BCUT2D eigenvalue weighted by Gasteiger charge is -2.14. The van der Waals surface area contributed by atoms with Gasteiger partial charge in [0.25, 0.3) is 0 Å². The number of rotatable bonds is 9. The summed E-state index contributed by atoms with van der Waals surface area (Å²) in [6, 6.07) is 18.4. The molecule has 0 aliphatic heterocycles. The third-order valence-electron chi connectivity index (χ3n) is 4.69. The molecule has 1 heterocycles. The van der Waals surface area contributed by atoms with Gasteiger partial charge in [0.2, 0.25) is 5.91 Å². The molecule has 0 bridgehead atoms. The molecular formula is C23H27N3OS. The van der Waals surface area contributed by atoms with Crippen molar-refractivity contribution < 1.29 is 4.79 Å². The monoisotopic (exact) mass is 393 g/mol. The molecule has 146 valence electrons. The van der Waals surface area contributed by atoms with E-state index in [1.165, 1.54) is 24.6 Å². The number of hydrogen-bond donors (Lipinski definition) is 1. The van der Waals surface area contributed by atoms with Crippen molar-refractivity contribution in [3.63, 3.8) is 0 Å². The molecular weight excluding hydrogens is 366 g/mol. The van der Waals surface area contributed by atoms with Gasteiger partial charge in [-0.3, -0.25) is 4.79 Å². The minimum absolute atomic E-state index is 0.0482. The van der Waals surface area contributed by atoms with Gasteiger partial charge in [0.05, 0.1) is 5.75 Å². The van der Waals surface area contributed by atoms with E-state index >= 15 is 0 Å². The van der Waals surface area contributed by atoms with Crippen molar-refractivity contribution >= 4 is 28.4 Å². The second-order valence-corrected chi connectivity index (χ2v) is 7.98.